The number of carbonyl (C=O) groups is 8. The number of ether oxygens (including phenoxy) is 2. The Morgan fingerprint density at radius 2 is 0.765 bits per heavy atom. The highest BCUT2D eigenvalue weighted by atomic mass is 32.2. The molecule has 0 fully saturated rings. The van der Waals surface area contributed by atoms with E-state index in [2.05, 4.69) is 84.0 Å². The number of benzene rings is 7. The number of thioether (sulfide) groups is 4. The van der Waals surface area contributed by atoms with Crippen LogP contribution in [0.3, 0.4) is 0 Å². The number of hydrogen-bond acceptors (Lipinski definition) is 15. The molecule has 6 amide bonds. The van der Waals surface area contributed by atoms with Crippen molar-refractivity contribution in [3.63, 3.8) is 0 Å². The van der Waals surface area contributed by atoms with E-state index in [4.69, 9.17) is 0 Å². The van der Waals surface area contributed by atoms with Crippen LogP contribution in [0.2, 0.25) is 0 Å². The maximum absolute atomic E-state index is 12.3. The van der Waals surface area contributed by atoms with Gasteiger partial charge in [0.1, 0.15) is 0 Å². The lowest BCUT2D eigenvalue weighted by atomic mass is 10.1. The second-order valence-electron chi connectivity index (χ2n) is 22.6. The van der Waals surface area contributed by atoms with Gasteiger partial charge in [0.05, 0.1) is 31.5 Å². The fraction of sp³-hybridized carbons (Fsp3) is 0.351. The van der Waals surface area contributed by atoms with Gasteiger partial charge >= 0.3 is 11.9 Å². The average Bonchev–Trinajstić information content (AvgIpc) is 3.36. The normalized spacial score (nSPS) is 10.8. The molecule has 0 radical (unpaired) electrons. The number of esters is 2. The maximum atomic E-state index is 12.3. The number of unbranched alkanes of at least 4 members (excludes halogenated alkanes) is 6. The van der Waals surface area contributed by atoms with Crippen molar-refractivity contribution in [1.82, 2.24) is 16.0 Å². The van der Waals surface area contributed by atoms with Crippen molar-refractivity contribution in [1.29, 1.82) is 0 Å². The smallest absolute Gasteiger partial charge is 0.335 e. The van der Waals surface area contributed by atoms with E-state index in [9.17, 15) is 43.5 Å². The summed E-state index contributed by atoms with van der Waals surface area (Å²) < 4.78 is 8.99. The summed E-state index contributed by atoms with van der Waals surface area (Å²) >= 11 is 6.04. The molecule has 0 bridgehead atoms. The molecule has 21 heteroatoms. The van der Waals surface area contributed by atoms with Gasteiger partial charge in [0.15, 0.2) is 6.10 Å². The number of anilines is 3. The van der Waals surface area contributed by atoms with Crippen molar-refractivity contribution in [2.24, 2.45) is 0 Å². The molecule has 1 unspecified atom stereocenters. The molecule has 0 aliphatic carbocycles. The Bertz CT molecular complexity index is 3500. The van der Waals surface area contributed by atoms with Crippen LogP contribution >= 0.6 is 47.0 Å². The minimum Gasteiger partial charge on any atom is -0.469 e. The zero-order chi connectivity index (χ0) is 70.2. The molecule has 0 saturated carbocycles. The van der Waals surface area contributed by atoms with Crippen LogP contribution in [0.25, 0.3) is 33.4 Å². The number of nitrogens with one attached hydrogen (secondary N) is 6. The average molecular weight is 1410 g/mol. The van der Waals surface area contributed by atoms with E-state index in [1.165, 1.54) is 48.2 Å². The fourth-order valence-corrected chi connectivity index (χ4v) is 12.3. The molecule has 0 aliphatic heterocycles. The minimum absolute atomic E-state index is 0.00241. The van der Waals surface area contributed by atoms with Gasteiger partial charge < -0.3 is 46.5 Å². The Labute approximate surface area is 595 Å². The molecular formula is C77H94N6O11S4. The third-order valence-electron chi connectivity index (χ3n) is 14.7. The van der Waals surface area contributed by atoms with E-state index in [0.29, 0.717) is 63.2 Å². The maximum Gasteiger partial charge on any atom is 0.335 e. The van der Waals surface area contributed by atoms with Gasteiger partial charge in [-0.1, -0.05) is 159 Å². The van der Waals surface area contributed by atoms with Gasteiger partial charge in [-0.15, -0.1) is 35.3 Å². The molecule has 1 atom stereocenters. The van der Waals surface area contributed by atoms with Crippen LogP contribution in [-0.4, -0.2) is 127 Å². The lowest BCUT2D eigenvalue weighted by Crippen LogP contribution is -2.28. The summed E-state index contributed by atoms with van der Waals surface area (Å²) in [5.41, 5.74) is 10.2. The summed E-state index contributed by atoms with van der Waals surface area (Å²) in [6.45, 7) is 1.80. The van der Waals surface area contributed by atoms with Crippen molar-refractivity contribution in [3.8, 4) is 33.4 Å². The van der Waals surface area contributed by atoms with Gasteiger partial charge in [-0.3, -0.25) is 33.6 Å². The van der Waals surface area contributed by atoms with Crippen LogP contribution in [0.4, 0.5) is 17.1 Å². The highest BCUT2D eigenvalue weighted by Crippen LogP contribution is 2.26. The summed E-state index contributed by atoms with van der Waals surface area (Å²) in [5, 5.41) is 27.0. The van der Waals surface area contributed by atoms with Gasteiger partial charge in [-0.2, -0.15) is 11.8 Å². The number of hydrogen-bond donors (Lipinski definition) is 7. The van der Waals surface area contributed by atoms with E-state index >= 15 is 0 Å². The van der Waals surface area contributed by atoms with E-state index in [0.717, 1.165) is 120 Å². The van der Waals surface area contributed by atoms with Gasteiger partial charge in [0.25, 0.3) is 0 Å². The molecule has 7 aromatic carbocycles. The van der Waals surface area contributed by atoms with Crippen LogP contribution in [0.5, 0.6) is 0 Å². The Morgan fingerprint density at radius 1 is 0.388 bits per heavy atom. The second-order valence-corrected chi connectivity index (χ2v) is 26.6. The van der Waals surface area contributed by atoms with Crippen molar-refractivity contribution in [3.05, 3.63) is 194 Å². The summed E-state index contributed by atoms with van der Waals surface area (Å²) in [6.07, 6.45) is 10.7. The lowest BCUT2D eigenvalue weighted by molar-refractivity contribution is -0.149. The number of aliphatic hydroxyl groups excluding tert-OH is 1. The van der Waals surface area contributed by atoms with Crippen molar-refractivity contribution < 1.29 is 52.9 Å². The molecule has 0 saturated heterocycles. The molecule has 7 N–H and O–H groups in total. The second kappa shape index (κ2) is 49.2. The Balaban J connectivity index is 0.000000266. The highest BCUT2D eigenvalue weighted by Gasteiger charge is 2.16. The highest BCUT2D eigenvalue weighted by molar-refractivity contribution is 8.00. The summed E-state index contributed by atoms with van der Waals surface area (Å²) in [4.78, 5) is 95.6. The standard InChI is InChI=1S/C28H32N2O2S2.C25H32N2O4S.C24H30N2O5S/c1-33-26-16-14-22(15-17-26)20-34-21-28(32)29-18-7-3-6-13-27(31)30-25-12-8-11-24(19-25)23-9-4-2-5-10-23;1-31-25(30)15-9-17-32-19-24(29)26-16-7-3-6-14-23(28)27-22-13-8-12-21(18-22)20-10-4-2-5-11-20;1-31-24(30)21(27)16-32-17-23(29)25-14-7-3-6-13-22(28)26-20-12-8-11-19(15-20)18-9-4-2-5-10-18/h2,4-5,8-12,14-17,19H,3,6-7,13,18,20-21H2,1H3,(H,29,32)(H,30,31);2,4-5,8,10-13,18H,3,6-7,9,14-17,19H2,1H3,(H,26,29)(H,27,28);2,4-5,8-12,15,21,27H,3,6-7,13-14,16-17H2,1H3,(H,25,29)(H,26,28). The van der Waals surface area contributed by atoms with Crippen LogP contribution in [0.15, 0.2) is 193 Å². The minimum atomic E-state index is -1.22. The Hall–Kier alpha value is -8.34. The summed E-state index contributed by atoms with van der Waals surface area (Å²) in [6, 6.07) is 62.2. The van der Waals surface area contributed by atoms with E-state index in [1.54, 1.807) is 23.5 Å². The van der Waals surface area contributed by atoms with Gasteiger partial charge in [-0.25, -0.2) is 4.79 Å². The van der Waals surface area contributed by atoms with Crippen LogP contribution in [0, 0.1) is 0 Å². The molecule has 17 nitrogen and oxygen atoms in total. The predicted octanol–water partition coefficient (Wildman–Crippen LogP) is 14.5. The molecule has 0 aromatic heterocycles. The van der Waals surface area contributed by atoms with Crippen LogP contribution < -0.4 is 31.9 Å². The van der Waals surface area contributed by atoms with Crippen LogP contribution in [0.1, 0.15) is 95.5 Å². The fourth-order valence-electron chi connectivity index (χ4n) is 9.53. The third-order valence-corrected chi connectivity index (χ3v) is 18.6. The summed E-state index contributed by atoms with van der Waals surface area (Å²) in [7, 11) is 2.58. The van der Waals surface area contributed by atoms with E-state index in [-0.39, 0.29) is 52.9 Å². The lowest BCUT2D eigenvalue weighted by Gasteiger charge is -2.09. The first-order valence-electron chi connectivity index (χ1n) is 33.1. The monoisotopic (exact) mass is 1410 g/mol. The molecule has 522 valence electrons. The predicted molar refractivity (Wildman–Crippen MR) is 404 cm³/mol. The number of methoxy groups -OCH3 is 2. The van der Waals surface area contributed by atoms with Crippen molar-refractivity contribution in [2.45, 2.75) is 107 Å². The third kappa shape index (κ3) is 35.2. The zero-order valence-electron chi connectivity index (χ0n) is 56.4. The molecule has 0 spiro atoms. The molecule has 7 rings (SSSR count). The van der Waals surface area contributed by atoms with Crippen molar-refractivity contribution >= 4 is 111 Å². The first-order valence-corrected chi connectivity index (χ1v) is 37.8. The van der Waals surface area contributed by atoms with Gasteiger partial charge in [0.2, 0.25) is 35.4 Å². The zero-order valence-corrected chi connectivity index (χ0v) is 59.7. The molecule has 7 aromatic rings. The first-order chi connectivity index (χ1) is 47.7. The molecular weight excluding hydrogens is 1310 g/mol. The van der Waals surface area contributed by atoms with Gasteiger partial charge in [0, 0.05) is 78.8 Å². The number of amides is 6. The summed E-state index contributed by atoms with van der Waals surface area (Å²) in [5.74, 6) is 1.74. The SMILES string of the molecule is COC(=O)C(O)CSCC(=O)NCCCCCC(=O)Nc1cccc(-c2ccccc2)c1.COC(=O)CCCSCC(=O)NCCCCCC(=O)Nc1cccc(-c2ccccc2)c1.CSc1ccc(CSCC(=O)NCCCCCC(=O)Nc2cccc(-c3ccccc3)c2)cc1. The van der Waals surface area contributed by atoms with Crippen LogP contribution in [-0.2, 0) is 53.6 Å². The number of aliphatic hydroxyl groups is 1. The number of carbonyl (C=O) groups excluding carboxylic acids is 8. The van der Waals surface area contributed by atoms with Crippen molar-refractivity contribution in [2.75, 3.05) is 84.8 Å². The quantitative estimate of drug-likeness (QED) is 0.0107. The largest absolute Gasteiger partial charge is 0.469 e. The molecule has 0 aliphatic rings. The Morgan fingerprint density at radius 3 is 1.14 bits per heavy atom. The number of rotatable bonds is 40. The molecule has 0 heterocycles. The van der Waals surface area contributed by atoms with E-state index in [1.807, 2.05) is 152 Å². The Kier molecular flexibility index (Phi) is 40.3. The van der Waals surface area contributed by atoms with E-state index < -0.39 is 12.1 Å². The molecule has 98 heavy (non-hydrogen) atoms. The van der Waals surface area contributed by atoms with Gasteiger partial charge in [-0.05, 0) is 144 Å². The topological polar surface area (TPSA) is 247 Å². The first kappa shape index (κ1) is 80.3.